The van der Waals surface area contributed by atoms with E-state index in [0.717, 1.165) is 25.7 Å². The van der Waals surface area contributed by atoms with Crippen molar-refractivity contribution < 1.29 is 19.1 Å². The topological polar surface area (TPSA) is 52.6 Å². The Labute approximate surface area is 110 Å². The van der Waals surface area contributed by atoms with Gasteiger partial charge in [0, 0.05) is 19.3 Å². The van der Waals surface area contributed by atoms with Crippen LogP contribution in [0.2, 0.25) is 0 Å². The van der Waals surface area contributed by atoms with Crippen LogP contribution in [0.4, 0.5) is 0 Å². The fraction of sp³-hybridized carbons (Fsp3) is 0.857. The van der Waals surface area contributed by atoms with E-state index in [-0.39, 0.29) is 24.0 Å². The molecule has 0 aliphatic heterocycles. The maximum absolute atomic E-state index is 11.6. The SMILES string of the molecule is CCCC(=O)OC(CCC)C(CC)COC(C)=O. The van der Waals surface area contributed by atoms with Crippen LogP contribution in [0.3, 0.4) is 0 Å². The van der Waals surface area contributed by atoms with E-state index in [0.29, 0.717) is 13.0 Å². The second-order valence-electron chi connectivity index (χ2n) is 4.54. The second-order valence-corrected chi connectivity index (χ2v) is 4.54. The molecule has 0 heterocycles. The van der Waals surface area contributed by atoms with Crippen LogP contribution in [0.15, 0.2) is 0 Å². The third-order valence-electron chi connectivity index (χ3n) is 2.86. The van der Waals surface area contributed by atoms with E-state index in [2.05, 4.69) is 6.92 Å². The molecule has 2 atom stereocenters. The molecule has 0 N–H and O–H groups in total. The van der Waals surface area contributed by atoms with Crippen molar-refractivity contribution in [3.63, 3.8) is 0 Å². The number of carbonyl (C=O) groups excluding carboxylic acids is 2. The zero-order valence-electron chi connectivity index (χ0n) is 12.0. The molecule has 0 fully saturated rings. The van der Waals surface area contributed by atoms with Gasteiger partial charge in [0.05, 0.1) is 6.61 Å². The first-order valence-electron chi connectivity index (χ1n) is 6.87. The van der Waals surface area contributed by atoms with Crippen LogP contribution in [-0.4, -0.2) is 24.6 Å². The lowest BCUT2D eigenvalue weighted by Crippen LogP contribution is -2.30. The van der Waals surface area contributed by atoms with Gasteiger partial charge in [-0.2, -0.15) is 0 Å². The smallest absolute Gasteiger partial charge is 0.306 e. The van der Waals surface area contributed by atoms with Crippen molar-refractivity contribution >= 4 is 11.9 Å². The summed E-state index contributed by atoms with van der Waals surface area (Å²) in [5.74, 6) is -0.351. The van der Waals surface area contributed by atoms with Gasteiger partial charge in [0.15, 0.2) is 0 Å². The molecule has 0 aromatic rings. The summed E-state index contributed by atoms with van der Waals surface area (Å²) in [5.41, 5.74) is 0. The van der Waals surface area contributed by atoms with Gasteiger partial charge in [0.2, 0.25) is 0 Å². The summed E-state index contributed by atoms with van der Waals surface area (Å²) in [6, 6.07) is 0. The van der Waals surface area contributed by atoms with Crippen molar-refractivity contribution in [1.82, 2.24) is 0 Å². The average Bonchev–Trinajstić information content (AvgIpc) is 2.29. The van der Waals surface area contributed by atoms with Crippen molar-refractivity contribution in [3.05, 3.63) is 0 Å². The maximum Gasteiger partial charge on any atom is 0.306 e. The van der Waals surface area contributed by atoms with Crippen LogP contribution in [0, 0.1) is 5.92 Å². The Morgan fingerprint density at radius 3 is 2.22 bits per heavy atom. The third-order valence-corrected chi connectivity index (χ3v) is 2.86. The summed E-state index contributed by atoms with van der Waals surface area (Å²) in [4.78, 5) is 22.4. The Morgan fingerprint density at radius 2 is 1.78 bits per heavy atom. The van der Waals surface area contributed by atoms with E-state index in [4.69, 9.17) is 9.47 Å². The molecule has 0 aromatic carbocycles. The maximum atomic E-state index is 11.6. The van der Waals surface area contributed by atoms with Crippen molar-refractivity contribution in [2.45, 2.75) is 65.9 Å². The van der Waals surface area contributed by atoms with Crippen molar-refractivity contribution in [3.8, 4) is 0 Å². The number of hydrogen-bond donors (Lipinski definition) is 0. The summed E-state index contributed by atoms with van der Waals surface area (Å²) in [7, 11) is 0. The molecule has 0 aliphatic carbocycles. The van der Waals surface area contributed by atoms with E-state index in [1.165, 1.54) is 6.92 Å². The van der Waals surface area contributed by atoms with E-state index < -0.39 is 0 Å². The number of carbonyl (C=O) groups is 2. The summed E-state index contributed by atoms with van der Waals surface area (Å²) >= 11 is 0. The van der Waals surface area contributed by atoms with Crippen molar-refractivity contribution in [1.29, 1.82) is 0 Å². The highest BCUT2D eigenvalue weighted by Crippen LogP contribution is 2.19. The van der Waals surface area contributed by atoms with E-state index in [1.807, 2.05) is 13.8 Å². The van der Waals surface area contributed by atoms with Crippen LogP contribution in [0.5, 0.6) is 0 Å². The minimum atomic E-state index is -0.288. The van der Waals surface area contributed by atoms with Crippen LogP contribution in [0.1, 0.15) is 59.8 Å². The van der Waals surface area contributed by atoms with Crippen LogP contribution in [-0.2, 0) is 19.1 Å². The standard InChI is InChI=1S/C14H26O4/c1-5-8-13(18-14(16)9-6-2)12(7-3)10-17-11(4)15/h12-13H,5-10H2,1-4H3. The minimum absolute atomic E-state index is 0.0923. The van der Waals surface area contributed by atoms with Crippen LogP contribution in [0.25, 0.3) is 0 Å². The summed E-state index contributed by atoms with van der Waals surface area (Å²) < 4.78 is 10.5. The molecule has 0 bridgehead atoms. The predicted octanol–water partition coefficient (Wildman–Crippen LogP) is 3.09. The first kappa shape index (κ1) is 16.9. The molecule has 0 amide bonds. The number of hydrogen-bond acceptors (Lipinski definition) is 4. The molecule has 18 heavy (non-hydrogen) atoms. The molecule has 0 aromatic heterocycles. The molecule has 4 heteroatoms. The lowest BCUT2D eigenvalue weighted by atomic mass is 9.96. The molecule has 0 rings (SSSR count). The molecular formula is C14H26O4. The summed E-state index contributed by atoms with van der Waals surface area (Å²) in [6.45, 7) is 7.75. The van der Waals surface area contributed by atoms with Crippen LogP contribution >= 0.6 is 0 Å². The summed E-state index contributed by atoms with van der Waals surface area (Å²) in [5, 5.41) is 0. The molecule has 0 saturated carbocycles. The molecule has 0 radical (unpaired) electrons. The highest BCUT2D eigenvalue weighted by Gasteiger charge is 2.24. The summed E-state index contributed by atoms with van der Waals surface area (Å²) in [6.07, 6.45) is 3.69. The Bertz CT molecular complexity index is 250. The van der Waals surface area contributed by atoms with Crippen molar-refractivity contribution in [2.24, 2.45) is 5.92 Å². The molecule has 4 nitrogen and oxygen atoms in total. The second kappa shape index (κ2) is 9.92. The lowest BCUT2D eigenvalue weighted by Gasteiger charge is -2.25. The first-order valence-corrected chi connectivity index (χ1v) is 6.87. The number of ether oxygens (including phenoxy) is 2. The van der Waals surface area contributed by atoms with Crippen molar-refractivity contribution in [2.75, 3.05) is 6.61 Å². The molecular weight excluding hydrogens is 232 g/mol. The lowest BCUT2D eigenvalue weighted by molar-refractivity contribution is -0.155. The molecule has 0 spiro atoms. The third kappa shape index (κ3) is 7.30. The Morgan fingerprint density at radius 1 is 1.11 bits per heavy atom. The zero-order valence-corrected chi connectivity index (χ0v) is 12.0. The normalized spacial score (nSPS) is 13.8. The van der Waals surface area contributed by atoms with Gasteiger partial charge in [0.1, 0.15) is 6.10 Å². The van der Waals surface area contributed by atoms with E-state index in [9.17, 15) is 9.59 Å². The largest absolute Gasteiger partial charge is 0.465 e. The molecule has 0 saturated heterocycles. The highest BCUT2D eigenvalue weighted by molar-refractivity contribution is 5.69. The Hall–Kier alpha value is -1.06. The Balaban J connectivity index is 4.40. The highest BCUT2D eigenvalue weighted by atomic mass is 16.6. The van der Waals surface area contributed by atoms with E-state index in [1.54, 1.807) is 0 Å². The van der Waals surface area contributed by atoms with Gasteiger partial charge < -0.3 is 9.47 Å². The molecule has 2 unspecified atom stereocenters. The quantitative estimate of drug-likeness (QED) is 0.596. The van der Waals surface area contributed by atoms with Gasteiger partial charge in [-0.1, -0.05) is 27.2 Å². The van der Waals surface area contributed by atoms with Gasteiger partial charge in [-0.25, -0.2) is 0 Å². The van der Waals surface area contributed by atoms with Gasteiger partial charge in [-0.15, -0.1) is 0 Å². The van der Waals surface area contributed by atoms with Gasteiger partial charge in [-0.3, -0.25) is 9.59 Å². The first-order chi connectivity index (χ1) is 8.54. The fourth-order valence-corrected chi connectivity index (χ4v) is 1.82. The minimum Gasteiger partial charge on any atom is -0.465 e. The monoisotopic (exact) mass is 258 g/mol. The number of rotatable bonds is 9. The van der Waals surface area contributed by atoms with E-state index >= 15 is 0 Å². The van der Waals surface area contributed by atoms with Gasteiger partial charge in [0.25, 0.3) is 0 Å². The average molecular weight is 258 g/mol. The zero-order chi connectivity index (χ0) is 14.0. The molecule has 106 valence electrons. The predicted molar refractivity (Wildman–Crippen MR) is 70.1 cm³/mol. The molecule has 0 aliphatic rings. The Kier molecular flexibility index (Phi) is 9.33. The van der Waals surface area contributed by atoms with Gasteiger partial charge in [-0.05, 0) is 19.3 Å². The van der Waals surface area contributed by atoms with Crippen LogP contribution < -0.4 is 0 Å². The fourth-order valence-electron chi connectivity index (χ4n) is 1.82. The van der Waals surface area contributed by atoms with Gasteiger partial charge >= 0.3 is 11.9 Å². The number of esters is 2.